The number of amides is 4. The number of nitrogens with one attached hydrogen (secondary N) is 1. The van der Waals surface area contributed by atoms with Gasteiger partial charge in [0.1, 0.15) is 5.57 Å². The third-order valence-electron chi connectivity index (χ3n) is 5.39. The Kier molecular flexibility index (Phi) is 10.6. The van der Waals surface area contributed by atoms with Crippen LogP contribution in [-0.2, 0) is 16.1 Å². The molecule has 0 spiro atoms. The minimum atomic E-state index is -0.791. The fourth-order valence-electron chi connectivity index (χ4n) is 3.72. The molecular weight excluding hydrogens is 556 g/mol. The van der Waals surface area contributed by atoms with Gasteiger partial charge in [-0.2, -0.15) is 0 Å². The number of nitrogens with zero attached hydrogens (tertiary/aromatic N) is 1. The van der Waals surface area contributed by atoms with Gasteiger partial charge in [-0.1, -0.05) is 19.9 Å². The Morgan fingerprint density at radius 3 is 2.21 bits per heavy atom. The van der Waals surface area contributed by atoms with E-state index in [0.717, 1.165) is 17.7 Å². The van der Waals surface area contributed by atoms with Crippen LogP contribution in [0.3, 0.4) is 0 Å². The van der Waals surface area contributed by atoms with Gasteiger partial charge >= 0.3 is 6.03 Å². The summed E-state index contributed by atoms with van der Waals surface area (Å²) in [6.07, 6.45) is 3.10. The van der Waals surface area contributed by atoms with Crippen molar-refractivity contribution < 1.29 is 33.3 Å². The molecule has 1 aliphatic rings. The third kappa shape index (κ3) is 7.06. The SMILES string of the molecule is CCCOc1ccc(CN2C(=O)NC(=O)/C(=C\c3cc(Br)c(OCCC)c(OCC)c3)C2=O)cc1OCC. The lowest BCUT2D eigenvalue weighted by molar-refractivity contribution is -0.130. The molecule has 1 saturated heterocycles. The summed E-state index contributed by atoms with van der Waals surface area (Å²) in [7, 11) is 0. The molecule has 2 aromatic rings. The highest BCUT2D eigenvalue weighted by atomic mass is 79.9. The van der Waals surface area contributed by atoms with E-state index in [1.165, 1.54) is 6.08 Å². The van der Waals surface area contributed by atoms with Gasteiger partial charge in [0.05, 0.1) is 37.4 Å². The minimum Gasteiger partial charge on any atom is -0.490 e. The average molecular weight is 589 g/mol. The first-order valence-electron chi connectivity index (χ1n) is 12.7. The van der Waals surface area contributed by atoms with Crippen molar-refractivity contribution >= 4 is 39.9 Å². The van der Waals surface area contributed by atoms with Crippen LogP contribution in [0.4, 0.5) is 4.79 Å². The van der Waals surface area contributed by atoms with E-state index in [1.54, 1.807) is 30.3 Å². The number of barbiturate groups is 1. The van der Waals surface area contributed by atoms with Gasteiger partial charge in [0.25, 0.3) is 11.8 Å². The van der Waals surface area contributed by atoms with Crippen molar-refractivity contribution in [2.24, 2.45) is 0 Å². The van der Waals surface area contributed by atoms with E-state index in [2.05, 4.69) is 21.2 Å². The summed E-state index contributed by atoms with van der Waals surface area (Å²) in [5.41, 5.74) is 1.01. The number of benzene rings is 2. The number of rotatable bonds is 13. The maximum Gasteiger partial charge on any atom is 0.331 e. The number of carbonyl (C=O) groups is 3. The van der Waals surface area contributed by atoms with Gasteiger partial charge < -0.3 is 18.9 Å². The zero-order valence-corrected chi connectivity index (χ0v) is 23.7. The Morgan fingerprint density at radius 2 is 1.53 bits per heavy atom. The number of halogens is 1. The summed E-state index contributed by atoms with van der Waals surface area (Å²) in [5.74, 6) is 0.660. The monoisotopic (exact) mass is 588 g/mol. The first-order chi connectivity index (χ1) is 18.3. The van der Waals surface area contributed by atoms with E-state index < -0.39 is 17.8 Å². The molecule has 9 nitrogen and oxygen atoms in total. The fourth-order valence-corrected chi connectivity index (χ4v) is 4.29. The molecular formula is C28H33BrN2O7. The van der Waals surface area contributed by atoms with E-state index in [-0.39, 0.29) is 12.1 Å². The molecule has 10 heteroatoms. The van der Waals surface area contributed by atoms with Gasteiger partial charge in [0.15, 0.2) is 23.0 Å². The Hall–Kier alpha value is -3.53. The molecule has 1 fully saturated rings. The van der Waals surface area contributed by atoms with Gasteiger partial charge in [0, 0.05) is 0 Å². The minimum absolute atomic E-state index is 0.0545. The van der Waals surface area contributed by atoms with Gasteiger partial charge in [-0.25, -0.2) is 4.79 Å². The second-order valence-electron chi connectivity index (χ2n) is 8.38. The van der Waals surface area contributed by atoms with Crippen LogP contribution in [0.1, 0.15) is 51.7 Å². The van der Waals surface area contributed by atoms with E-state index in [0.29, 0.717) is 65.0 Å². The smallest absolute Gasteiger partial charge is 0.331 e. The first-order valence-corrected chi connectivity index (χ1v) is 13.5. The lowest BCUT2D eigenvalue weighted by atomic mass is 10.1. The molecule has 0 aliphatic carbocycles. The Balaban J connectivity index is 1.91. The van der Waals surface area contributed by atoms with Crippen molar-refractivity contribution in [3.63, 3.8) is 0 Å². The Labute approximate surface area is 231 Å². The van der Waals surface area contributed by atoms with Gasteiger partial charge in [0.2, 0.25) is 0 Å². The van der Waals surface area contributed by atoms with Crippen molar-refractivity contribution in [3.8, 4) is 23.0 Å². The van der Waals surface area contributed by atoms with E-state index in [1.807, 2.05) is 27.7 Å². The van der Waals surface area contributed by atoms with Gasteiger partial charge in [-0.3, -0.25) is 19.8 Å². The molecule has 0 aromatic heterocycles. The summed E-state index contributed by atoms with van der Waals surface area (Å²) >= 11 is 3.49. The van der Waals surface area contributed by atoms with Crippen LogP contribution in [-0.4, -0.2) is 49.2 Å². The van der Waals surface area contributed by atoms with Crippen LogP contribution < -0.4 is 24.3 Å². The number of hydrogen-bond acceptors (Lipinski definition) is 7. The lowest BCUT2D eigenvalue weighted by Gasteiger charge is -2.26. The van der Waals surface area contributed by atoms with E-state index in [4.69, 9.17) is 18.9 Å². The first kappa shape index (κ1) is 29.0. The lowest BCUT2D eigenvalue weighted by Crippen LogP contribution is -2.53. The molecule has 0 saturated carbocycles. The topological polar surface area (TPSA) is 103 Å². The fraction of sp³-hybridized carbons (Fsp3) is 0.393. The quantitative estimate of drug-likeness (QED) is 0.244. The van der Waals surface area contributed by atoms with Crippen molar-refractivity contribution in [1.82, 2.24) is 10.2 Å². The highest BCUT2D eigenvalue weighted by Crippen LogP contribution is 2.38. The number of ether oxygens (including phenoxy) is 4. The molecule has 4 amide bonds. The highest BCUT2D eigenvalue weighted by Gasteiger charge is 2.36. The highest BCUT2D eigenvalue weighted by molar-refractivity contribution is 9.10. The van der Waals surface area contributed by atoms with Crippen LogP contribution in [0.5, 0.6) is 23.0 Å². The summed E-state index contributed by atoms with van der Waals surface area (Å²) < 4.78 is 23.6. The third-order valence-corrected chi connectivity index (χ3v) is 5.98. The number of hydrogen-bond donors (Lipinski definition) is 1. The normalized spacial score (nSPS) is 14.5. The zero-order chi connectivity index (χ0) is 27.7. The summed E-state index contributed by atoms with van der Waals surface area (Å²) in [5, 5.41) is 2.26. The molecule has 204 valence electrons. The molecule has 0 atom stereocenters. The van der Waals surface area contributed by atoms with Crippen LogP contribution >= 0.6 is 15.9 Å². The molecule has 3 rings (SSSR count). The molecule has 0 unspecified atom stereocenters. The second-order valence-corrected chi connectivity index (χ2v) is 9.24. The van der Waals surface area contributed by atoms with Crippen molar-refractivity contribution in [1.29, 1.82) is 0 Å². The molecule has 0 radical (unpaired) electrons. The molecule has 1 heterocycles. The van der Waals surface area contributed by atoms with Crippen molar-refractivity contribution in [2.75, 3.05) is 26.4 Å². The number of urea groups is 1. The number of imide groups is 2. The summed E-state index contributed by atoms with van der Waals surface area (Å²) in [6, 6.07) is 7.87. The van der Waals surface area contributed by atoms with Gasteiger partial charge in [-0.15, -0.1) is 0 Å². The zero-order valence-electron chi connectivity index (χ0n) is 22.1. The van der Waals surface area contributed by atoms with E-state index >= 15 is 0 Å². The maximum atomic E-state index is 13.3. The molecule has 38 heavy (non-hydrogen) atoms. The summed E-state index contributed by atoms with van der Waals surface area (Å²) in [6.45, 7) is 9.54. The second kappa shape index (κ2) is 13.9. The predicted octanol–water partition coefficient (Wildman–Crippen LogP) is 5.49. The molecule has 1 aliphatic heterocycles. The average Bonchev–Trinajstić information content (AvgIpc) is 2.88. The predicted molar refractivity (Wildman–Crippen MR) is 147 cm³/mol. The molecule has 0 bridgehead atoms. The molecule has 1 N–H and O–H groups in total. The Bertz CT molecular complexity index is 1210. The summed E-state index contributed by atoms with van der Waals surface area (Å²) in [4.78, 5) is 39.6. The van der Waals surface area contributed by atoms with Gasteiger partial charge in [-0.05, 0) is 84.1 Å². The molecule has 2 aromatic carbocycles. The standard InChI is InChI=1S/C28H33BrN2O7/c1-5-11-37-22-10-9-18(15-23(22)35-7-3)17-31-27(33)20(26(32)30-28(31)34)13-19-14-21(29)25(38-12-6-2)24(16-19)36-8-4/h9-10,13-16H,5-8,11-12,17H2,1-4H3,(H,30,32,34)/b20-13+. The maximum absolute atomic E-state index is 13.3. The Morgan fingerprint density at radius 1 is 0.842 bits per heavy atom. The van der Waals surface area contributed by atoms with Crippen LogP contribution in [0.15, 0.2) is 40.4 Å². The number of carbonyl (C=O) groups excluding carboxylic acids is 3. The van der Waals surface area contributed by atoms with Crippen LogP contribution in [0.25, 0.3) is 6.08 Å². The van der Waals surface area contributed by atoms with Crippen molar-refractivity contribution in [2.45, 2.75) is 47.1 Å². The largest absolute Gasteiger partial charge is 0.490 e. The van der Waals surface area contributed by atoms with E-state index in [9.17, 15) is 14.4 Å². The van der Waals surface area contributed by atoms with Crippen LogP contribution in [0, 0.1) is 0 Å². The van der Waals surface area contributed by atoms with Crippen molar-refractivity contribution in [3.05, 3.63) is 51.5 Å². The van der Waals surface area contributed by atoms with Crippen LogP contribution in [0.2, 0.25) is 0 Å².